The van der Waals surface area contributed by atoms with Crippen LogP contribution in [0.5, 0.6) is 0 Å². The second-order valence-corrected chi connectivity index (χ2v) is 5.58. The summed E-state index contributed by atoms with van der Waals surface area (Å²) in [6.07, 6.45) is 0. The molecular formula is C7H13ClO4S. The van der Waals surface area contributed by atoms with Gasteiger partial charge in [0.25, 0.3) is 0 Å². The summed E-state index contributed by atoms with van der Waals surface area (Å²) in [7, 11) is -3.20. The molecule has 0 N–H and O–H groups in total. The zero-order valence-electron chi connectivity index (χ0n) is 7.62. The lowest BCUT2D eigenvalue weighted by molar-refractivity contribution is -0.218. The van der Waals surface area contributed by atoms with E-state index in [2.05, 4.69) is 0 Å². The van der Waals surface area contributed by atoms with Crippen molar-refractivity contribution in [1.82, 2.24) is 0 Å². The van der Waals surface area contributed by atoms with E-state index in [0.717, 1.165) is 0 Å². The van der Waals surface area contributed by atoms with E-state index < -0.39 is 20.3 Å². The predicted octanol–water partition coefficient (Wildman–Crippen LogP) is 0.749. The predicted molar refractivity (Wildman–Crippen MR) is 49.4 cm³/mol. The van der Waals surface area contributed by atoms with Crippen molar-refractivity contribution < 1.29 is 17.9 Å². The minimum atomic E-state index is -3.20. The number of sulfone groups is 1. The molecule has 1 rings (SSSR count). The summed E-state index contributed by atoms with van der Waals surface area (Å²) in [5.74, 6) is -1.25. The Morgan fingerprint density at radius 2 is 1.85 bits per heavy atom. The van der Waals surface area contributed by atoms with Crippen LogP contribution in [0.1, 0.15) is 13.8 Å². The molecular weight excluding hydrogens is 216 g/mol. The lowest BCUT2D eigenvalue weighted by Crippen LogP contribution is -2.63. The fourth-order valence-electron chi connectivity index (χ4n) is 1.34. The van der Waals surface area contributed by atoms with Crippen molar-refractivity contribution >= 4 is 21.4 Å². The van der Waals surface area contributed by atoms with Gasteiger partial charge in [-0.05, 0) is 13.8 Å². The molecule has 1 aliphatic rings. The first-order valence-electron chi connectivity index (χ1n) is 4.12. The average Bonchev–Trinajstić information content (AvgIpc) is 2.04. The Morgan fingerprint density at radius 1 is 1.38 bits per heavy atom. The van der Waals surface area contributed by atoms with E-state index in [0.29, 0.717) is 13.2 Å². The third-order valence-corrected chi connectivity index (χ3v) is 4.78. The maximum atomic E-state index is 11.1. The SMILES string of the molecule is CCOC1(OCC)CS(=O)(=O)[C@H]1Cl. The average molecular weight is 229 g/mol. The Bertz CT molecular complexity index is 268. The monoisotopic (exact) mass is 228 g/mol. The van der Waals surface area contributed by atoms with Crippen LogP contribution in [0.15, 0.2) is 0 Å². The Hall–Kier alpha value is 0.160. The van der Waals surface area contributed by atoms with Crippen LogP contribution in [-0.2, 0) is 19.3 Å². The molecule has 4 nitrogen and oxygen atoms in total. The van der Waals surface area contributed by atoms with Crippen LogP contribution in [0.2, 0.25) is 0 Å². The van der Waals surface area contributed by atoms with E-state index in [1.54, 1.807) is 13.8 Å². The Kier molecular flexibility index (Phi) is 3.22. The maximum Gasteiger partial charge on any atom is 0.213 e. The number of ether oxygens (including phenoxy) is 2. The van der Waals surface area contributed by atoms with Gasteiger partial charge in [-0.2, -0.15) is 0 Å². The number of alkyl halides is 1. The van der Waals surface area contributed by atoms with E-state index in [1.165, 1.54) is 0 Å². The molecule has 0 amide bonds. The molecule has 1 atom stereocenters. The van der Waals surface area contributed by atoms with E-state index in [9.17, 15) is 8.42 Å². The van der Waals surface area contributed by atoms with Gasteiger partial charge in [-0.25, -0.2) is 8.42 Å². The van der Waals surface area contributed by atoms with Crippen molar-refractivity contribution in [3.8, 4) is 0 Å². The zero-order chi connectivity index (χ0) is 10.1. The van der Waals surface area contributed by atoms with Crippen LogP contribution in [0, 0.1) is 0 Å². The van der Waals surface area contributed by atoms with Crippen molar-refractivity contribution in [2.24, 2.45) is 0 Å². The lowest BCUT2D eigenvalue weighted by atomic mass is 10.3. The summed E-state index contributed by atoms with van der Waals surface area (Å²) in [6.45, 7) is 4.32. The molecule has 0 spiro atoms. The highest BCUT2D eigenvalue weighted by Crippen LogP contribution is 2.39. The standard InChI is InChI=1S/C7H13ClO4S/c1-3-11-7(12-4-2)5-13(9,10)6(7)8/h6H,3-5H2,1-2H3/t6-/m1/s1. The number of halogens is 1. The number of hydrogen-bond acceptors (Lipinski definition) is 4. The minimum Gasteiger partial charge on any atom is -0.347 e. The van der Waals surface area contributed by atoms with Crippen molar-refractivity contribution in [2.45, 2.75) is 24.3 Å². The van der Waals surface area contributed by atoms with E-state index in [-0.39, 0.29) is 5.75 Å². The maximum absolute atomic E-state index is 11.1. The first kappa shape index (κ1) is 11.2. The topological polar surface area (TPSA) is 52.6 Å². The van der Waals surface area contributed by atoms with Gasteiger partial charge in [0, 0.05) is 13.2 Å². The van der Waals surface area contributed by atoms with Crippen LogP contribution >= 0.6 is 11.6 Å². The van der Waals surface area contributed by atoms with Gasteiger partial charge in [-0.1, -0.05) is 11.6 Å². The minimum absolute atomic E-state index is 0.143. The Labute approximate surface area is 83.1 Å². The summed E-state index contributed by atoms with van der Waals surface area (Å²) in [4.78, 5) is 0. The molecule has 0 aromatic carbocycles. The second-order valence-electron chi connectivity index (χ2n) is 2.80. The third-order valence-electron chi connectivity index (χ3n) is 1.84. The molecule has 0 aromatic heterocycles. The molecule has 0 bridgehead atoms. The summed E-state index contributed by atoms with van der Waals surface area (Å²) < 4.78 is 31.6. The van der Waals surface area contributed by atoms with Crippen molar-refractivity contribution in [2.75, 3.05) is 19.0 Å². The highest BCUT2D eigenvalue weighted by Gasteiger charge is 2.60. The summed E-state index contributed by atoms with van der Waals surface area (Å²) >= 11 is 5.68. The van der Waals surface area contributed by atoms with Gasteiger partial charge < -0.3 is 9.47 Å². The van der Waals surface area contributed by atoms with Gasteiger partial charge in [0.1, 0.15) is 5.75 Å². The van der Waals surface area contributed by atoms with Crippen LogP contribution < -0.4 is 0 Å². The summed E-state index contributed by atoms with van der Waals surface area (Å²) in [5, 5.41) is 0. The first-order valence-corrected chi connectivity index (χ1v) is 6.27. The van der Waals surface area contributed by atoms with Crippen molar-refractivity contribution in [3.05, 3.63) is 0 Å². The molecule has 0 aromatic rings. The highest BCUT2D eigenvalue weighted by atomic mass is 35.5. The molecule has 0 unspecified atom stereocenters. The van der Waals surface area contributed by atoms with E-state index in [1.807, 2.05) is 0 Å². The normalized spacial score (nSPS) is 29.6. The fraction of sp³-hybridized carbons (Fsp3) is 1.00. The molecule has 0 radical (unpaired) electrons. The molecule has 78 valence electrons. The van der Waals surface area contributed by atoms with Crippen molar-refractivity contribution in [3.63, 3.8) is 0 Å². The van der Waals surface area contributed by atoms with E-state index >= 15 is 0 Å². The first-order chi connectivity index (χ1) is 5.98. The van der Waals surface area contributed by atoms with Crippen LogP contribution in [0.3, 0.4) is 0 Å². The molecule has 1 saturated heterocycles. The Morgan fingerprint density at radius 3 is 2.08 bits per heavy atom. The van der Waals surface area contributed by atoms with Gasteiger partial charge in [-0.15, -0.1) is 0 Å². The fourth-order valence-corrected chi connectivity index (χ4v) is 3.33. The summed E-state index contributed by atoms with van der Waals surface area (Å²) in [5.41, 5.74) is 0. The lowest BCUT2D eigenvalue weighted by Gasteiger charge is -2.43. The van der Waals surface area contributed by atoms with Crippen LogP contribution in [-0.4, -0.2) is 37.9 Å². The van der Waals surface area contributed by atoms with Gasteiger partial charge in [0.05, 0.1) is 0 Å². The highest BCUT2D eigenvalue weighted by molar-refractivity contribution is 7.95. The molecule has 1 aliphatic heterocycles. The third kappa shape index (κ3) is 1.83. The number of hydrogen-bond donors (Lipinski definition) is 0. The Balaban J connectivity index is 2.74. The van der Waals surface area contributed by atoms with Gasteiger partial charge in [0.2, 0.25) is 5.79 Å². The second kappa shape index (κ2) is 3.73. The summed E-state index contributed by atoms with van der Waals surface area (Å²) in [6, 6.07) is 0. The molecule has 6 heteroatoms. The van der Waals surface area contributed by atoms with Gasteiger partial charge in [-0.3, -0.25) is 0 Å². The smallest absolute Gasteiger partial charge is 0.213 e. The molecule has 1 fully saturated rings. The molecule has 0 saturated carbocycles. The zero-order valence-corrected chi connectivity index (χ0v) is 9.19. The van der Waals surface area contributed by atoms with E-state index in [4.69, 9.17) is 21.1 Å². The van der Waals surface area contributed by atoms with Crippen molar-refractivity contribution in [1.29, 1.82) is 0 Å². The van der Waals surface area contributed by atoms with Gasteiger partial charge in [0.15, 0.2) is 14.5 Å². The van der Waals surface area contributed by atoms with Crippen LogP contribution in [0.4, 0.5) is 0 Å². The molecule has 13 heavy (non-hydrogen) atoms. The molecule has 1 heterocycles. The largest absolute Gasteiger partial charge is 0.347 e. The number of rotatable bonds is 4. The quantitative estimate of drug-likeness (QED) is 0.526. The van der Waals surface area contributed by atoms with Crippen LogP contribution in [0.25, 0.3) is 0 Å². The molecule has 0 aliphatic carbocycles. The van der Waals surface area contributed by atoms with Gasteiger partial charge >= 0.3 is 0 Å².